The lowest BCUT2D eigenvalue weighted by Gasteiger charge is -2.38. The van der Waals surface area contributed by atoms with E-state index in [1.54, 1.807) is 0 Å². The van der Waals surface area contributed by atoms with Gasteiger partial charge in [-0.2, -0.15) is 0 Å². The monoisotopic (exact) mass is 360 g/mol. The van der Waals surface area contributed by atoms with Crippen LogP contribution in [0.5, 0.6) is 0 Å². The van der Waals surface area contributed by atoms with Gasteiger partial charge in [-0.3, -0.25) is 0 Å². The van der Waals surface area contributed by atoms with Crippen LogP contribution in [0.2, 0.25) is 0 Å². The molecule has 0 aromatic rings. The third kappa shape index (κ3) is 4.95. The maximum Gasteiger partial charge on any atom is 0.122 e. The smallest absolute Gasteiger partial charge is 0.122 e. The Morgan fingerprint density at radius 2 is 1.36 bits per heavy atom. The lowest BCUT2D eigenvalue weighted by molar-refractivity contribution is -0.171. The molecule has 1 fully saturated rings. The molecule has 0 heterocycles. The van der Waals surface area contributed by atoms with E-state index in [1.807, 2.05) is 27.7 Å². The molecule has 1 aliphatic rings. The van der Waals surface area contributed by atoms with Crippen LogP contribution in [-0.2, 0) is 0 Å². The van der Waals surface area contributed by atoms with E-state index in [2.05, 4.69) is 13.8 Å². The average molecular weight is 361 g/mol. The molecule has 1 aliphatic carbocycles. The number of aliphatic hydroxyl groups is 5. The number of hydrogen-bond donors (Lipinski definition) is 5. The molecular formula is C20H40O5. The summed E-state index contributed by atoms with van der Waals surface area (Å²) in [6, 6.07) is 0. The van der Waals surface area contributed by atoms with Crippen molar-refractivity contribution in [3.8, 4) is 0 Å². The Morgan fingerprint density at radius 1 is 0.840 bits per heavy atom. The van der Waals surface area contributed by atoms with E-state index in [9.17, 15) is 25.5 Å². The van der Waals surface area contributed by atoms with E-state index in [0.717, 1.165) is 12.8 Å². The quantitative estimate of drug-likeness (QED) is 0.432. The molecule has 5 heteroatoms. The van der Waals surface area contributed by atoms with Gasteiger partial charge in [0.15, 0.2) is 0 Å². The summed E-state index contributed by atoms with van der Waals surface area (Å²) in [6.45, 7) is 11.8. The summed E-state index contributed by atoms with van der Waals surface area (Å²) in [7, 11) is 0. The normalized spacial score (nSPS) is 35.8. The Hall–Kier alpha value is -0.200. The van der Waals surface area contributed by atoms with Gasteiger partial charge < -0.3 is 25.5 Å². The highest BCUT2D eigenvalue weighted by atomic mass is 16.4. The van der Waals surface area contributed by atoms with Gasteiger partial charge in [0, 0.05) is 11.8 Å². The molecule has 0 aromatic carbocycles. The SMILES string of the molecule is CC(C)CCC(O)C1(O)C(O)C(C(O)C(C)C)C(O)C1CCC(C)C. The molecule has 5 nitrogen and oxygen atoms in total. The van der Waals surface area contributed by atoms with E-state index in [1.165, 1.54) is 0 Å². The number of rotatable bonds is 9. The molecule has 0 radical (unpaired) electrons. The van der Waals surface area contributed by atoms with Crippen molar-refractivity contribution in [2.24, 2.45) is 29.6 Å². The Balaban J connectivity index is 3.13. The first-order valence-electron chi connectivity index (χ1n) is 9.89. The van der Waals surface area contributed by atoms with Crippen molar-refractivity contribution >= 4 is 0 Å². The van der Waals surface area contributed by atoms with Gasteiger partial charge in [0.1, 0.15) is 5.60 Å². The Bertz CT molecular complexity index is 398. The zero-order valence-corrected chi connectivity index (χ0v) is 16.8. The largest absolute Gasteiger partial charge is 0.392 e. The molecular weight excluding hydrogens is 320 g/mol. The summed E-state index contributed by atoms with van der Waals surface area (Å²) >= 11 is 0. The Morgan fingerprint density at radius 3 is 1.80 bits per heavy atom. The molecule has 7 atom stereocenters. The van der Waals surface area contributed by atoms with Crippen LogP contribution >= 0.6 is 0 Å². The summed E-state index contributed by atoms with van der Waals surface area (Å²) < 4.78 is 0. The zero-order valence-electron chi connectivity index (χ0n) is 16.8. The Labute approximate surface area is 153 Å². The minimum absolute atomic E-state index is 0.157. The number of hydrogen-bond acceptors (Lipinski definition) is 5. The lowest BCUT2D eigenvalue weighted by atomic mass is 9.77. The van der Waals surface area contributed by atoms with Crippen molar-refractivity contribution in [2.75, 3.05) is 0 Å². The third-order valence-corrected chi connectivity index (χ3v) is 5.92. The maximum atomic E-state index is 11.3. The summed E-state index contributed by atoms with van der Waals surface area (Å²) in [5.41, 5.74) is -1.79. The molecule has 1 saturated carbocycles. The summed E-state index contributed by atoms with van der Waals surface area (Å²) in [4.78, 5) is 0. The van der Waals surface area contributed by atoms with Gasteiger partial charge in [0.05, 0.1) is 24.4 Å². The molecule has 1 rings (SSSR count). The van der Waals surface area contributed by atoms with Gasteiger partial charge in [0.25, 0.3) is 0 Å². The third-order valence-electron chi connectivity index (χ3n) is 5.92. The van der Waals surface area contributed by atoms with Crippen LogP contribution in [0.1, 0.15) is 67.2 Å². The molecule has 5 N–H and O–H groups in total. The van der Waals surface area contributed by atoms with Crippen LogP contribution in [-0.4, -0.2) is 55.5 Å². The fraction of sp³-hybridized carbons (Fsp3) is 1.00. The molecule has 150 valence electrons. The predicted octanol–water partition coefficient (Wildman–Crippen LogP) is 1.94. The first-order chi connectivity index (χ1) is 11.4. The highest BCUT2D eigenvalue weighted by molar-refractivity contribution is 5.13. The number of aliphatic hydroxyl groups excluding tert-OH is 4. The van der Waals surface area contributed by atoms with Crippen molar-refractivity contribution in [2.45, 2.75) is 97.2 Å². The van der Waals surface area contributed by atoms with Crippen LogP contribution in [0.3, 0.4) is 0 Å². The molecule has 0 aromatic heterocycles. The molecule has 7 unspecified atom stereocenters. The van der Waals surface area contributed by atoms with Crippen LogP contribution in [0.4, 0.5) is 0 Å². The zero-order chi connectivity index (χ0) is 19.5. The van der Waals surface area contributed by atoms with E-state index < -0.39 is 41.9 Å². The lowest BCUT2D eigenvalue weighted by Crippen LogP contribution is -2.55. The molecule has 0 saturated heterocycles. The summed E-state index contributed by atoms with van der Waals surface area (Å²) in [6.07, 6.45) is -2.07. The van der Waals surface area contributed by atoms with Crippen LogP contribution in [0, 0.1) is 29.6 Å². The standard InChI is InChI=1S/C20H40O5/c1-11(2)7-9-14-18(23)16(17(22)13(5)6)19(24)20(14,25)15(21)10-8-12(3)4/h11-19,21-25H,7-10H2,1-6H3. The van der Waals surface area contributed by atoms with Crippen LogP contribution in [0.25, 0.3) is 0 Å². The van der Waals surface area contributed by atoms with Gasteiger partial charge in [-0.1, -0.05) is 48.0 Å². The van der Waals surface area contributed by atoms with E-state index in [-0.39, 0.29) is 5.92 Å². The highest BCUT2D eigenvalue weighted by Crippen LogP contribution is 2.48. The highest BCUT2D eigenvalue weighted by Gasteiger charge is 2.63. The maximum absolute atomic E-state index is 11.3. The molecule has 25 heavy (non-hydrogen) atoms. The summed E-state index contributed by atoms with van der Waals surface area (Å²) in [5, 5.41) is 54.2. The topological polar surface area (TPSA) is 101 Å². The van der Waals surface area contributed by atoms with Gasteiger partial charge in [-0.05, 0) is 37.0 Å². The molecule has 0 bridgehead atoms. The summed E-state index contributed by atoms with van der Waals surface area (Å²) in [5.74, 6) is -0.903. The van der Waals surface area contributed by atoms with Gasteiger partial charge in [-0.25, -0.2) is 0 Å². The molecule has 0 amide bonds. The fourth-order valence-electron chi connectivity index (χ4n) is 4.17. The van der Waals surface area contributed by atoms with E-state index in [4.69, 9.17) is 0 Å². The second-order valence-electron chi connectivity index (χ2n) is 9.20. The van der Waals surface area contributed by atoms with Crippen molar-refractivity contribution in [1.82, 2.24) is 0 Å². The van der Waals surface area contributed by atoms with Crippen LogP contribution < -0.4 is 0 Å². The second-order valence-corrected chi connectivity index (χ2v) is 9.20. The van der Waals surface area contributed by atoms with Crippen LogP contribution in [0.15, 0.2) is 0 Å². The van der Waals surface area contributed by atoms with E-state index in [0.29, 0.717) is 24.7 Å². The average Bonchev–Trinajstić information content (AvgIpc) is 2.69. The van der Waals surface area contributed by atoms with Crippen molar-refractivity contribution in [3.05, 3.63) is 0 Å². The van der Waals surface area contributed by atoms with Gasteiger partial charge >= 0.3 is 0 Å². The minimum Gasteiger partial charge on any atom is -0.392 e. The van der Waals surface area contributed by atoms with E-state index >= 15 is 0 Å². The minimum atomic E-state index is -1.79. The first-order valence-corrected chi connectivity index (χ1v) is 9.89. The molecule has 0 aliphatic heterocycles. The molecule has 0 spiro atoms. The van der Waals surface area contributed by atoms with Gasteiger partial charge in [0.2, 0.25) is 0 Å². The second kappa shape index (κ2) is 9.14. The van der Waals surface area contributed by atoms with Crippen molar-refractivity contribution in [1.29, 1.82) is 0 Å². The van der Waals surface area contributed by atoms with Gasteiger partial charge in [-0.15, -0.1) is 0 Å². The van der Waals surface area contributed by atoms with Crippen molar-refractivity contribution < 1.29 is 25.5 Å². The fourth-order valence-corrected chi connectivity index (χ4v) is 4.17. The van der Waals surface area contributed by atoms with Crippen molar-refractivity contribution in [3.63, 3.8) is 0 Å². The predicted molar refractivity (Wildman–Crippen MR) is 98.9 cm³/mol. The Kier molecular flexibility index (Phi) is 8.35. The first kappa shape index (κ1) is 22.8.